The standard InChI is InChI=1S/C12H16ClNO/c13-12-4-2-1-3-11(12)7-10-8-14-5-6-15-9-10/h1-4,10,14H,5-9H2. The Labute approximate surface area is 95.6 Å². The number of ether oxygens (including phenoxy) is 1. The Morgan fingerprint density at radius 3 is 3.13 bits per heavy atom. The Hall–Kier alpha value is -0.570. The first-order valence-corrected chi connectivity index (χ1v) is 5.76. The summed E-state index contributed by atoms with van der Waals surface area (Å²) in [6.45, 7) is 3.63. The highest BCUT2D eigenvalue weighted by Crippen LogP contribution is 2.19. The Bertz CT molecular complexity index is 308. The van der Waals surface area contributed by atoms with Gasteiger partial charge in [0.1, 0.15) is 0 Å². The lowest BCUT2D eigenvalue weighted by molar-refractivity contribution is 0.123. The first-order chi connectivity index (χ1) is 7.36. The van der Waals surface area contributed by atoms with Gasteiger partial charge in [0.2, 0.25) is 0 Å². The lowest BCUT2D eigenvalue weighted by Gasteiger charge is -2.14. The van der Waals surface area contributed by atoms with Gasteiger partial charge < -0.3 is 10.1 Å². The molecule has 1 saturated heterocycles. The average molecular weight is 226 g/mol. The van der Waals surface area contributed by atoms with Crippen LogP contribution in [-0.2, 0) is 11.2 Å². The number of halogens is 1. The maximum atomic E-state index is 6.12. The molecule has 1 aliphatic heterocycles. The minimum atomic E-state index is 0.535. The maximum Gasteiger partial charge on any atom is 0.0591 e. The Balaban J connectivity index is 1.98. The first-order valence-electron chi connectivity index (χ1n) is 5.38. The van der Waals surface area contributed by atoms with Crippen molar-refractivity contribution in [2.45, 2.75) is 6.42 Å². The van der Waals surface area contributed by atoms with Crippen molar-refractivity contribution in [2.75, 3.05) is 26.3 Å². The number of benzene rings is 1. The third-order valence-corrected chi connectivity index (χ3v) is 3.04. The van der Waals surface area contributed by atoms with E-state index in [1.165, 1.54) is 5.56 Å². The predicted molar refractivity (Wildman–Crippen MR) is 62.3 cm³/mol. The van der Waals surface area contributed by atoms with Crippen molar-refractivity contribution in [1.29, 1.82) is 0 Å². The molecule has 1 unspecified atom stereocenters. The molecule has 1 aromatic rings. The topological polar surface area (TPSA) is 21.3 Å². The summed E-state index contributed by atoms with van der Waals surface area (Å²) in [6.07, 6.45) is 0.993. The zero-order chi connectivity index (χ0) is 10.5. The summed E-state index contributed by atoms with van der Waals surface area (Å²) in [5, 5.41) is 4.23. The Morgan fingerprint density at radius 1 is 1.40 bits per heavy atom. The van der Waals surface area contributed by atoms with Crippen molar-refractivity contribution in [3.05, 3.63) is 34.9 Å². The van der Waals surface area contributed by atoms with Gasteiger partial charge in [-0.05, 0) is 24.0 Å². The Morgan fingerprint density at radius 2 is 2.27 bits per heavy atom. The molecule has 82 valence electrons. The van der Waals surface area contributed by atoms with Crippen molar-refractivity contribution in [3.63, 3.8) is 0 Å². The number of hydrogen-bond acceptors (Lipinski definition) is 2. The molecular formula is C12H16ClNO. The summed E-state index contributed by atoms with van der Waals surface area (Å²) >= 11 is 6.12. The Kier molecular flexibility index (Phi) is 4.01. The maximum absolute atomic E-state index is 6.12. The van der Waals surface area contributed by atoms with Gasteiger partial charge in [-0.1, -0.05) is 29.8 Å². The second kappa shape index (κ2) is 5.50. The smallest absolute Gasteiger partial charge is 0.0591 e. The summed E-state index contributed by atoms with van der Waals surface area (Å²) in [7, 11) is 0. The van der Waals surface area contributed by atoms with Gasteiger partial charge >= 0.3 is 0 Å². The molecular weight excluding hydrogens is 210 g/mol. The summed E-state index contributed by atoms with van der Waals surface area (Å²) in [5.41, 5.74) is 1.22. The summed E-state index contributed by atoms with van der Waals surface area (Å²) in [5.74, 6) is 0.535. The van der Waals surface area contributed by atoms with Gasteiger partial charge in [-0.2, -0.15) is 0 Å². The normalized spacial score (nSPS) is 22.3. The van der Waals surface area contributed by atoms with E-state index in [0.29, 0.717) is 5.92 Å². The molecule has 0 aromatic heterocycles. The van der Waals surface area contributed by atoms with Crippen molar-refractivity contribution in [1.82, 2.24) is 5.32 Å². The van der Waals surface area contributed by atoms with Crippen LogP contribution in [0.2, 0.25) is 5.02 Å². The van der Waals surface area contributed by atoms with Gasteiger partial charge in [0.25, 0.3) is 0 Å². The third-order valence-electron chi connectivity index (χ3n) is 2.68. The SMILES string of the molecule is Clc1ccccc1CC1CNCCOC1. The van der Waals surface area contributed by atoms with E-state index in [1.807, 2.05) is 18.2 Å². The number of rotatable bonds is 2. The van der Waals surface area contributed by atoms with E-state index < -0.39 is 0 Å². The predicted octanol–water partition coefficient (Wildman–Crippen LogP) is 2.12. The summed E-state index contributed by atoms with van der Waals surface area (Å²) in [6, 6.07) is 8.04. The van der Waals surface area contributed by atoms with Crippen molar-refractivity contribution in [3.8, 4) is 0 Å². The molecule has 2 rings (SSSR count). The van der Waals surface area contributed by atoms with Crippen LogP contribution in [0, 0.1) is 5.92 Å². The van der Waals surface area contributed by atoms with E-state index in [1.54, 1.807) is 0 Å². The van der Waals surface area contributed by atoms with Crippen LogP contribution in [0.4, 0.5) is 0 Å². The van der Waals surface area contributed by atoms with Gasteiger partial charge in [-0.25, -0.2) is 0 Å². The molecule has 0 spiro atoms. The van der Waals surface area contributed by atoms with Crippen LogP contribution < -0.4 is 5.32 Å². The molecule has 0 aliphatic carbocycles. The lowest BCUT2D eigenvalue weighted by Crippen LogP contribution is -2.24. The van der Waals surface area contributed by atoms with Crippen LogP contribution in [0.25, 0.3) is 0 Å². The van der Waals surface area contributed by atoms with Gasteiger partial charge in [0, 0.05) is 18.1 Å². The zero-order valence-corrected chi connectivity index (χ0v) is 9.46. The fourth-order valence-electron chi connectivity index (χ4n) is 1.87. The molecule has 1 aromatic carbocycles. The van der Waals surface area contributed by atoms with Crippen LogP contribution in [0.1, 0.15) is 5.56 Å². The van der Waals surface area contributed by atoms with Crippen molar-refractivity contribution in [2.24, 2.45) is 5.92 Å². The highest BCUT2D eigenvalue weighted by Gasteiger charge is 2.13. The fourth-order valence-corrected chi connectivity index (χ4v) is 2.08. The van der Waals surface area contributed by atoms with Crippen molar-refractivity contribution >= 4 is 11.6 Å². The van der Waals surface area contributed by atoms with E-state index in [-0.39, 0.29) is 0 Å². The van der Waals surface area contributed by atoms with Crippen LogP contribution in [0.5, 0.6) is 0 Å². The molecule has 1 fully saturated rings. The van der Waals surface area contributed by atoms with Crippen LogP contribution in [-0.4, -0.2) is 26.3 Å². The monoisotopic (exact) mass is 225 g/mol. The van der Waals surface area contributed by atoms with E-state index in [4.69, 9.17) is 16.3 Å². The van der Waals surface area contributed by atoms with E-state index >= 15 is 0 Å². The van der Waals surface area contributed by atoms with Crippen molar-refractivity contribution < 1.29 is 4.74 Å². The number of hydrogen-bond donors (Lipinski definition) is 1. The molecule has 0 bridgehead atoms. The van der Waals surface area contributed by atoms with Gasteiger partial charge in [0.05, 0.1) is 13.2 Å². The van der Waals surface area contributed by atoms with Gasteiger partial charge in [-0.3, -0.25) is 0 Å². The van der Waals surface area contributed by atoms with E-state index in [0.717, 1.165) is 37.7 Å². The second-order valence-electron chi connectivity index (χ2n) is 3.94. The molecule has 3 heteroatoms. The third kappa shape index (κ3) is 3.20. The molecule has 0 saturated carbocycles. The van der Waals surface area contributed by atoms with Gasteiger partial charge in [0.15, 0.2) is 0 Å². The fraction of sp³-hybridized carbons (Fsp3) is 0.500. The van der Waals surface area contributed by atoms with Crippen LogP contribution in [0.3, 0.4) is 0 Å². The molecule has 1 aliphatic rings. The molecule has 1 atom stereocenters. The average Bonchev–Trinajstić information content (AvgIpc) is 2.50. The van der Waals surface area contributed by atoms with Crippen LogP contribution >= 0.6 is 11.6 Å². The minimum Gasteiger partial charge on any atom is -0.380 e. The largest absolute Gasteiger partial charge is 0.380 e. The molecule has 2 nitrogen and oxygen atoms in total. The molecule has 0 amide bonds. The van der Waals surface area contributed by atoms with Crippen LogP contribution in [0.15, 0.2) is 24.3 Å². The molecule has 1 heterocycles. The number of nitrogens with one attached hydrogen (secondary N) is 1. The zero-order valence-electron chi connectivity index (χ0n) is 8.71. The summed E-state index contributed by atoms with van der Waals surface area (Å²) < 4.78 is 5.51. The minimum absolute atomic E-state index is 0.535. The van der Waals surface area contributed by atoms with E-state index in [9.17, 15) is 0 Å². The summed E-state index contributed by atoms with van der Waals surface area (Å²) in [4.78, 5) is 0. The molecule has 0 radical (unpaired) electrons. The van der Waals surface area contributed by atoms with E-state index in [2.05, 4.69) is 11.4 Å². The van der Waals surface area contributed by atoms with Gasteiger partial charge in [-0.15, -0.1) is 0 Å². The highest BCUT2D eigenvalue weighted by molar-refractivity contribution is 6.31. The molecule has 1 N–H and O–H groups in total. The molecule has 15 heavy (non-hydrogen) atoms. The second-order valence-corrected chi connectivity index (χ2v) is 4.35. The quantitative estimate of drug-likeness (QED) is 0.833. The lowest BCUT2D eigenvalue weighted by atomic mass is 10.00. The highest BCUT2D eigenvalue weighted by atomic mass is 35.5. The first kappa shape index (κ1) is 10.9.